The van der Waals surface area contributed by atoms with Gasteiger partial charge in [0.2, 0.25) is 5.91 Å². The van der Waals surface area contributed by atoms with Crippen molar-refractivity contribution < 1.29 is 23.8 Å². The Morgan fingerprint density at radius 1 is 1.20 bits per heavy atom. The molecule has 1 N–H and O–H groups in total. The molecule has 2 aromatic rings. The van der Waals surface area contributed by atoms with Crippen molar-refractivity contribution in [2.24, 2.45) is 0 Å². The fourth-order valence-electron chi connectivity index (χ4n) is 2.90. The van der Waals surface area contributed by atoms with Gasteiger partial charge >= 0.3 is 11.6 Å². The van der Waals surface area contributed by atoms with Gasteiger partial charge in [0, 0.05) is 36.0 Å². The normalized spacial score (nSPS) is 15.2. The van der Waals surface area contributed by atoms with E-state index in [1.54, 1.807) is 6.07 Å². The highest BCUT2D eigenvalue weighted by Gasteiger charge is 2.20. The number of aromatic hydroxyl groups is 1. The van der Waals surface area contributed by atoms with Crippen molar-refractivity contribution in [1.82, 2.24) is 4.90 Å². The maximum Gasteiger partial charge on any atom is 0.336 e. The Morgan fingerprint density at radius 3 is 2.88 bits per heavy atom. The van der Waals surface area contributed by atoms with E-state index in [9.17, 15) is 19.5 Å². The summed E-state index contributed by atoms with van der Waals surface area (Å²) in [5, 5.41) is 10.1. The summed E-state index contributed by atoms with van der Waals surface area (Å²) < 4.78 is 10.3. The minimum Gasteiger partial charge on any atom is -0.508 e. The molecule has 0 saturated carbocycles. The molecule has 0 bridgehead atoms. The van der Waals surface area contributed by atoms with Gasteiger partial charge in [-0.2, -0.15) is 0 Å². The molecule has 132 valence electrons. The second-order valence-electron chi connectivity index (χ2n) is 6.06. The number of ether oxygens (including phenoxy) is 1. The van der Waals surface area contributed by atoms with E-state index in [4.69, 9.17) is 9.15 Å². The molecule has 0 radical (unpaired) electrons. The Bertz CT molecular complexity index is 856. The summed E-state index contributed by atoms with van der Waals surface area (Å²) >= 11 is 0. The number of amides is 1. The summed E-state index contributed by atoms with van der Waals surface area (Å²) in [5.41, 5.74) is 0.120. The molecule has 1 aliphatic heterocycles. The van der Waals surface area contributed by atoms with E-state index in [0.29, 0.717) is 23.9 Å². The monoisotopic (exact) mass is 345 g/mol. The van der Waals surface area contributed by atoms with Crippen molar-refractivity contribution in [2.45, 2.75) is 32.3 Å². The lowest BCUT2D eigenvalue weighted by Crippen LogP contribution is -2.35. The highest BCUT2D eigenvalue weighted by atomic mass is 16.5. The van der Waals surface area contributed by atoms with Gasteiger partial charge in [0.1, 0.15) is 24.5 Å². The third-order valence-electron chi connectivity index (χ3n) is 4.19. The summed E-state index contributed by atoms with van der Waals surface area (Å²) in [7, 11) is 0. The van der Waals surface area contributed by atoms with Crippen LogP contribution >= 0.6 is 0 Å². The minimum absolute atomic E-state index is 0.0236. The van der Waals surface area contributed by atoms with Crippen molar-refractivity contribution in [3.8, 4) is 5.75 Å². The topological polar surface area (TPSA) is 97.0 Å². The Morgan fingerprint density at radius 2 is 2.04 bits per heavy atom. The molecule has 1 aromatic heterocycles. The number of phenolic OH excluding ortho intramolecular Hbond substituents is 1. The fraction of sp³-hybridized carbons (Fsp3) is 0.389. The van der Waals surface area contributed by atoms with Gasteiger partial charge in [-0.25, -0.2) is 4.79 Å². The van der Waals surface area contributed by atoms with Crippen molar-refractivity contribution in [3.63, 3.8) is 0 Å². The summed E-state index contributed by atoms with van der Waals surface area (Å²) in [6.07, 6.45) is 3.17. The first-order valence-electron chi connectivity index (χ1n) is 8.22. The van der Waals surface area contributed by atoms with E-state index in [1.165, 1.54) is 23.1 Å². The van der Waals surface area contributed by atoms with Crippen molar-refractivity contribution >= 4 is 22.8 Å². The molecule has 7 heteroatoms. The second kappa shape index (κ2) is 7.38. The van der Waals surface area contributed by atoms with Crippen LogP contribution in [0.5, 0.6) is 5.75 Å². The summed E-state index contributed by atoms with van der Waals surface area (Å²) in [4.78, 5) is 37.1. The zero-order valence-corrected chi connectivity index (χ0v) is 13.7. The van der Waals surface area contributed by atoms with Gasteiger partial charge in [0.25, 0.3) is 0 Å². The number of hydrogen-bond donors (Lipinski definition) is 1. The van der Waals surface area contributed by atoms with Gasteiger partial charge in [0.05, 0.1) is 0 Å². The van der Waals surface area contributed by atoms with Gasteiger partial charge < -0.3 is 19.2 Å². The third-order valence-corrected chi connectivity index (χ3v) is 4.19. The molecule has 0 atom stereocenters. The van der Waals surface area contributed by atoms with Crippen LogP contribution in [0.15, 0.2) is 33.5 Å². The minimum atomic E-state index is -0.591. The molecular formula is C18H19NO6. The van der Waals surface area contributed by atoms with E-state index >= 15 is 0 Å². The number of fused-ring (bicyclic) bond motifs is 1. The highest BCUT2D eigenvalue weighted by Crippen LogP contribution is 2.22. The van der Waals surface area contributed by atoms with Gasteiger partial charge in [-0.05, 0) is 25.0 Å². The molecule has 7 nitrogen and oxygen atoms in total. The lowest BCUT2D eigenvalue weighted by molar-refractivity contribution is -0.150. The first-order chi connectivity index (χ1) is 12.0. The van der Waals surface area contributed by atoms with Crippen molar-refractivity contribution in [2.75, 3.05) is 13.1 Å². The summed E-state index contributed by atoms with van der Waals surface area (Å²) in [5.74, 6) is -0.573. The molecular weight excluding hydrogens is 326 g/mol. The first kappa shape index (κ1) is 17.0. The lowest BCUT2D eigenvalue weighted by atomic mass is 10.1. The molecule has 0 aliphatic carbocycles. The summed E-state index contributed by atoms with van der Waals surface area (Å²) in [6.45, 7) is 0.373. The predicted molar refractivity (Wildman–Crippen MR) is 89.0 cm³/mol. The number of nitrogens with zero attached hydrogens (tertiary/aromatic N) is 1. The molecule has 1 fully saturated rings. The maximum atomic E-state index is 12.1. The molecule has 3 rings (SSSR count). The average molecular weight is 345 g/mol. The van der Waals surface area contributed by atoms with Gasteiger partial charge in [-0.15, -0.1) is 0 Å². The van der Waals surface area contributed by atoms with E-state index < -0.39 is 11.6 Å². The molecule has 1 aliphatic rings. The predicted octanol–water partition coefficient (Wildman–Crippen LogP) is 1.94. The smallest absolute Gasteiger partial charge is 0.336 e. The number of benzene rings is 1. The van der Waals surface area contributed by atoms with Crippen molar-refractivity contribution in [3.05, 3.63) is 40.2 Å². The number of likely N-dealkylation sites (tertiary alicyclic amines) is 1. The van der Waals surface area contributed by atoms with Crippen LogP contribution in [0.4, 0.5) is 0 Å². The Labute approximate surface area is 143 Å². The van der Waals surface area contributed by atoms with E-state index in [2.05, 4.69) is 0 Å². The van der Waals surface area contributed by atoms with Crippen LogP contribution in [0.1, 0.15) is 31.2 Å². The van der Waals surface area contributed by atoms with Crippen LogP contribution < -0.4 is 5.63 Å². The quantitative estimate of drug-likeness (QED) is 0.672. The molecule has 1 amide bonds. The number of carbonyl (C=O) groups excluding carboxylic acids is 2. The van der Waals surface area contributed by atoms with Crippen LogP contribution in [0, 0.1) is 0 Å². The van der Waals surface area contributed by atoms with Crippen LogP contribution in [0.2, 0.25) is 0 Å². The van der Waals surface area contributed by atoms with Crippen LogP contribution in [0.3, 0.4) is 0 Å². The van der Waals surface area contributed by atoms with Gasteiger partial charge in [-0.1, -0.05) is 6.42 Å². The lowest BCUT2D eigenvalue weighted by Gasteiger charge is -2.19. The van der Waals surface area contributed by atoms with Gasteiger partial charge in [0.15, 0.2) is 0 Å². The largest absolute Gasteiger partial charge is 0.508 e. The third kappa shape index (κ3) is 4.17. The Hall–Kier alpha value is -2.83. The first-order valence-corrected chi connectivity index (χ1v) is 8.22. The Kier molecular flexibility index (Phi) is 5.02. The van der Waals surface area contributed by atoms with E-state index in [-0.39, 0.29) is 30.4 Å². The standard InChI is InChI=1S/C18H19NO6/c20-13-5-6-14-12(8-17(22)25-15(14)9-13)11-24-18(23)10-19-7-3-1-2-4-16(19)21/h5-6,8-9,20H,1-4,7,10-11H2. The average Bonchev–Trinajstić information content (AvgIpc) is 2.77. The SMILES string of the molecule is O=C(CN1CCCCCC1=O)OCc1cc(=O)oc2cc(O)ccc12. The van der Waals surface area contributed by atoms with Crippen LogP contribution in [0.25, 0.3) is 11.0 Å². The maximum absolute atomic E-state index is 12.1. The summed E-state index contributed by atoms with van der Waals surface area (Å²) in [6, 6.07) is 5.64. The molecule has 0 spiro atoms. The fourth-order valence-corrected chi connectivity index (χ4v) is 2.90. The van der Waals surface area contributed by atoms with Crippen LogP contribution in [-0.2, 0) is 20.9 Å². The number of carbonyl (C=O) groups is 2. The van der Waals surface area contributed by atoms with E-state index in [1.807, 2.05) is 0 Å². The molecule has 1 saturated heterocycles. The highest BCUT2D eigenvalue weighted by molar-refractivity contribution is 5.83. The van der Waals surface area contributed by atoms with Crippen LogP contribution in [-0.4, -0.2) is 35.0 Å². The molecule has 1 aromatic carbocycles. The molecule has 2 heterocycles. The zero-order chi connectivity index (χ0) is 17.8. The van der Waals surface area contributed by atoms with Crippen molar-refractivity contribution in [1.29, 1.82) is 0 Å². The number of esters is 1. The number of rotatable bonds is 4. The molecule has 0 unspecified atom stereocenters. The zero-order valence-electron chi connectivity index (χ0n) is 13.7. The number of phenols is 1. The second-order valence-corrected chi connectivity index (χ2v) is 6.06. The van der Waals surface area contributed by atoms with Gasteiger partial charge in [-0.3, -0.25) is 9.59 Å². The molecule has 25 heavy (non-hydrogen) atoms. The number of hydrogen-bond acceptors (Lipinski definition) is 6. The van der Waals surface area contributed by atoms with E-state index in [0.717, 1.165) is 19.3 Å². The Balaban J connectivity index is 1.69.